The maximum Gasteiger partial charge on any atom is 0.243 e. The van der Waals surface area contributed by atoms with E-state index in [1.807, 2.05) is 6.92 Å². The van der Waals surface area contributed by atoms with E-state index < -0.39 is 10.0 Å². The molecule has 0 bridgehead atoms. The minimum absolute atomic E-state index is 0.0412. The predicted octanol–water partition coefficient (Wildman–Crippen LogP) is 0.756. The molecule has 7 nitrogen and oxygen atoms in total. The van der Waals surface area contributed by atoms with Crippen molar-refractivity contribution in [3.8, 4) is 0 Å². The fourth-order valence-electron chi connectivity index (χ4n) is 1.96. The van der Waals surface area contributed by atoms with Crippen LogP contribution in [0.25, 0.3) is 0 Å². The Balaban J connectivity index is 1.94. The van der Waals surface area contributed by atoms with Crippen molar-refractivity contribution in [1.29, 1.82) is 0 Å². The Bertz CT molecular complexity index is 512. The molecule has 0 radical (unpaired) electrons. The summed E-state index contributed by atoms with van der Waals surface area (Å²) in [7, 11) is -3.57. The Morgan fingerprint density at radius 2 is 2.10 bits per heavy atom. The van der Waals surface area contributed by atoms with Crippen LogP contribution in [0.15, 0.2) is 17.3 Å². The topological polar surface area (TPSA) is 93.2 Å². The number of nitrogens with zero attached hydrogens (tertiary/aromatic N) is 2. The number of aromatic nitrogens is 2. The third-order valence-corrected chi connectivity index (χ3v) is 4.43. The minimum Gasteiger partial charge on any atom is -0.377 e. The molecule has 0 saturated carbocycles. The molecule has 112 valence electrons. The zero-order valence-electron chi connectivity index (χ0n) is 11.5. The second-order valence-corrected chi connectivity index (χ2v) is 6.38. The molecule has 2 heterocycles. The van der Waals surface area contributed by atoms with E-state index in [2.05, 4.69) is 20.0 Å². The summed E-state index contributed by atoms with van der Waals surface area (Å²) in [5, 5.41) is 2.91. The lowest BCUT2D eigenvalue weighted by atomic mass is 10.1. The zero-order valence-corrected chi connectivity index (χ0v) is 12.3. The zero-order chi connectivity index (χ0) is 14.4. The van der Waals surface area contributed by atoms with Crippen molar-refractivity contribution in [2.24, 2.45) is 0 Å². The number of hydrogen-bond acceptors (Lipinski definition) is 6. The van der Waals surface area contributed by atoms with Crippen LogP contribution in [0.4, 0.5) is 5.95 Å². The normalized spacial score (nSPS) is 19.8. The number of hydrogen-bond donors (Lipinski definition) is 2. The van der Waals surface area contributed by atoms with E-state index in [0.717, 1.165) is 19.3 Å². The van der Waals surface area contributed by atoms with Crippen LogP contribution in [0.2, 0.25) is 0 Å². The van der Waals surface area contributed by atoms with Gasteiger partial charge in [0.2, 0.25) is 16.0 Å². The Hall–Kier alpha value is -1.25. The molecular formula is C12H20N4O3S. The van der Waals surface area contributed by atoms with Gasteiger partial charge in [-0.15, -0.1) is 0 Å². The maximum absolute atomic E-state index is 12.1. The van der Waals surface area contributed by atoms with Crippen LogP contribution in [0.1, 0.15) is 26.2 Å². The molecule has 20 heavy (non-hydrogen) atoms. The Kier molecular flexibility index (Phi) is 5.27. The lowest BCUT2D eigenvalue weighted by Crippen LogP contribution is -2.35. The van der Waals surface area contributed by atoms with Gasteiger partial charge >= 0.3 is 0 Å². The Morgan fingerprint density at radius 1 is 1.35 bits per heavy atom. The number of ether oxygens (including phenoxy) is 1. The highest BCUT2D eigenvalue weighted by atomic mass is 32.2. The SMILES string of the molecule is CCNc1ncc(S(=O)(=O)NCC2CCCCO2)cn1. The molecule has 1 aromatic heterocycles. The van der Waals surface area contributed by atoms with Gasteiger partial charge in [-0.3, -0.25) is 0 Å². The molecule has 1 saturated heterocycles. The fourth-order valence-corrected chi connectivity index (χ4v) is 2.91. The molecule has 1 atom stereocenters. The lowest BCUT2D eigenvalue weighted by molar-refractivity contribution is 0.0200. The summed E-state index contributed by atoms with van der Waals surface area (Å²) < 4.78 is 32.2. The van der Waals surface area contributed by atoms with Gasteiger partial charge in [0, 0.05) is 19.7 Å². The summed E-state index contributed by atoms with van der Waals surface area (Å²) in [5.74, 6) is 0.419. The summed E-state index contributed by atoms with van der Waals surface area (Å²) in [6.07, 6.45) is 5.57. The summed E-state index contributed by atoms with van der Waals surface area (Å²) in [4.78, 5) is 7.98. The van der Waals surface area contributed by atoms with Gasteiger partial charge in [-0.25, -0.2) is 23.1 Å². The van der Waals surface area contributed by atoms with Crippen molar-refractivity contribution in [3.05, 3.63) is 12.4 Å². The van der Waals surface area contributed by atoms with E-state index in [9.17, 15) is 8.42 Å². The van der Waals surface area contributed by atoms with Crippen LogP contribution in [0.5, 0.6) is 0 Å². The molecule has 1 unspecified atom stereocenters. The molecule has 1 aliphatic heterocycles. The fraction of sp³-hybridized carbons (Fsp3) is 0.667. The van der Waals surface area contributed by atoms with Gasteiger partial charge in [0.25, 0.3) is 0 Å². The molecule has 1 aromatic rings. The third kappa shape index (κ3) is 4.12. The molecule has 1 fully saturated rings. The van der Waals surface area contributed by atoms with E-state index in [0.29, 0.717) is 19.1 Å². The third-order valence-electron chi connectivity index (χ3n) is 3.05. The van der Waals surface area contributed by atoms with E-state index in [4.69, 9.17) is 4.74 Å². The molecule has 1 aliphatic rings. The highest BCUT2D eigenvalue weighted by Gasteiger charge is 2.19. The highest BCUT2D eigenvalue weighted by Crippen LogP contribution is 2.13. The largest absolute Gasteiger partial charge is 0.377 e. The van der Waals surface area contributed by atoms with Crippen LogP contribution in [-0.2, 0) is 14.8 Å². The standard InChI is InChI=1S/C12H20N4O3S/c1-2-13-12-14-8-11(9-15-12)20(17,18)16-7-10-5-3-4-6-19-10/h8-10,16H,2-7H2,1H3,(H,13,14,15). The van der Waals surface area contributed by atoms with E-state index in [-0.39, 0.29) is 17.5 Å². The van der Waals surface area contributed by atoms with Crippen LogP contribution >= 0.6 is 0 Å². The lowest BCUT2D eigenvalue weighted by Gasteiger charge is -2.22. The molecule has 0 aliphatic carbocycles. The van der Waals surface area contributed by atoms with Gasteiger partial charge in [-0.05, 0) is 26.2 Å². The van der Waals surface area contributed by atoms with Gasteiger partial charge in [0.15, 0.2) is 0 Å². The van der Waals surface area contributed by atoms with Crippen molar-refractivity contribution in [2.45, 2.75) is 37.2 Å². The monoisotopic (exact) mass is 300 g/mol. The van der Waals surface area contributed by atoms with Gasteiger partial charge in [-0.1, -0.05) is 0 Å². The molecule has 2 N–H and O–H groups in total. The quantitative estimate of drug-likeness (QED) is 0.805. The number of anilines is 1. The summed E-state index contributed by atoms with van der Waals surface area (Å²) >= 11 is 0. The maximum atomic E-state index is 12.1. The van der Waals surface area contributed by atoms with E-state index >= 15 is 0 Å². The molecule has 0 aromatic carbocycles. The van der Waals surface area contributed by atoms with Crippen molar-refractivity contribution in [2.75, 3.05) is 25.0 Å². The number of nitrogens with one attached hydrogen (secondary N) is 2. The first-order chi connectivity index (χ1) is 9.62. The van der Waals surface area contributed by atoms with Gasteiger partial charge in [0.05, 0.1) is 18.5 Å². The molecule has 8 heteroatoms. The van der Waals surface area contributed by atoms with Crippen LogP contribution in [0.3, 0.4) is 0 Å². The first-order valence-corrected chi connectivity index (χ1v) is 8.27. The Morgan fingerprint density at radius 3 is 2.70 bits per heavy atom. The van der Waals surface area contributed by atoms with Gasteiger partial charge in [-0.2, -0.15) is 0 Å². The molecule has 2 rings (SSSR count). The molecular weight excluding hydrogens is 280 g/mol. The second-order valence-electron chi connectivity index (χ2n) is 4.61. The smallest absolute Gasteiger partial charge is 0.243 e. The second kappa shape index (κ2) is 6.96. The highest BCUT2D eigenvalue weighted by molar-refractivity contribution is 7.89. The van der Waals surface area contributed by atoms with Crippen molar-refractivity contribution < 1.29 is 13.2 Å². The van der Waals surface area contributed by atoms with Gasteiger partial charge in [0.1, 0.15) is 4.90 Å². The number of rotatable bonds is 6. The Labute approximate surface area is 119 Å². The van der Waals surface area contributed by atoms with Crippen LogP contribution in [0, 0.1) is 0 Å². The van der Waals surface area contributed by atoms with Crippen LogP contribution < -0.4 is 10.0 Å². The van der Waals surface area contributed by atoms with Gasteiger partial charge < -0.3 is 10.1 Å². The van der Waals surface area contributed by atoms with E-state index in [1.165, 1.54) is 12.4 Å². The number of sulfonamides is 1. The van der Waals surface area contributed by atoms with E-state index in [1.54, 1.807) is 0 Å². The van der Waals surface area contributed by atoms with Crippen molar-refractivity contribution in [3.63, 3.8) is 0 Å². The molecule has 0 spiro atoms. The van der Waals surface area contributed by atoms with Crippen molar-refractivity contribution in [1.82, 2.24) is 14.7 Å². The first-order valence-electron chi connectivity index (χ1n) is 6.79. The van der Waals surface area contributed by atoms with Crippen molar-refractivity contribution >= 4 is 16.0 Å². The first kappa shape index (κ1) is 15.1. The van der Waals surface area contributed by atoms with Crippen LogP contribution in [-0.4, -0.2) is 44.2 Å². The molecule has 0 amide bonds. The predicted molar refractivity (Wildman–Crippen MR) is 75.0 cm³/mol. The minimum atomic E-state index is -3.57. The average Bonchev–Trinajstić information content (AvgIpc) is 2.47. The summed E-state index contributed by atoms with van der Waals surface area (Å²) in [5.41, 5.74) is 0. The summed E-state index contributed by atoms with van der Waals surface area (Å²) in [6, 6.07) is 0. The average molecular weight is 300 g/mol. The summed E-state index contributed by atoms with van der Waals surface area (Å²) in [6.45, 7) is 3.59.